The van der Waals surface area contributed by atoms with E-state index in [1.165, 1.54) is 0 Å². The maximum atomic E-state index is 12.8. The molecule has 0 atom stereocenters. The number of hydrogen-bond acceptors (Lipinski definition) is 4. The van der Waals surface area contributed by atoms with Crippen LogP contribution in [0.2, 0.25) is 5.02 Å². The fraction of sp³-hybridized carbons (Fsp3) is 0.167. The molecule has 0 fully saturated rings. The summed E-state index contributed by atoms with van der Waals surface area (Å²) in [6.45, 7) is 6.50. The highest BCUT2D eigenvalue weighted by Crippen LogP contribution is 2.16. The largest absolute Gasteiger partial charge is 0.327 e. The van der Waals surface area contributed by atoms with Gasteiger partial charge in [-0.05, 0) is 42.6 Å². The van der Waals surface area contributed by atoms with E-state index in [4.69, 9.17) is 11.6 Å². The van der Waals surface area contributed by atoms with Crippen LogP contribution in [0.5, 0.6) is 0 Å². The van der Waals surface area contributed by atoms with Gasteiger partial charge in [0.1, 0.15) is 5.82 Å². The summed E-state index contributed by atoms with van der Waals surface area (Å²) in [5.41, 5.74) is 0.807. The first-order valence-corrected chi connectivity index (χ1v) is 8.96. The standard InChI is InChI=1S/C18H17ClN4OS/c1-3-10-22(12-16-5-4-11-25-16)18(24)17-20-13(2)23(21-17)15-8-6-14(19)7-9-15/h3-9,11H,1,10,12H2,2H3. The lowest BCUT2D eigenvalue weighted by Gasteiger charge is -2.18. The van der Waals surface area contributed by atoms with Crippen LogP contribution in [0.25, 0.3) is 5.69 Å². The molecule has 1 aromatic carbocycles. The number of carbonyl (C=O) groups is 1. The van der Waals surface area contributed by atoms with Gasteiger partial charge in [0, 0.05) is 16.4 Å². The number of rotatable bonds is 6. The summed E-state index contributed by atoms with van der Waals surface area (Å²) in [7, 11) is 0. The number of nitrogens with zero attached hydrogens (tertiary/aromatic N) is 4. The molecule has 2 aromatic heterocycles. The normalized spacial score (nSPS) is 10.6. The van der Waals surface area contributed by atoms with E-state index in [-0.39, 0.29) is 11.7 Å². The first-order valence-electron chi connectivity index (χ1n) is 7.70. The van der Waals surface area contributed by atoms with E-state index in [0.717, 1.165) is 10.6 Å². The van der Waals surface area contributed by atoms with Gasteiger partial charge in [-0.15, -0.1) is 23.0 Å². The summed E-state index contributed by atoms with van der Waals surface area (Å²) >= 11 is 7.53. The third-order valence-electron chi connectivity index (χ3n) is 3.59. The van der Waals surface area contributed by atoms with Crippen LogP contribution in [0.4, 0.5) is 0 Å². The molecule has 128 valence electrons. The van der Waals surface area contributed by atoms with Crippen LogP contribution < -0.4 is 0 Å². The van der Waals surface area contributed by atoms with Gasteiger partial charge in [0.2, 0.25) is 5.82 Å². The van der Waals surface area contributed by atoms with Crippen molar-refractivity contribution in [3.05, 3.63) is 76.0 Å². The Morgan fingerprint density at radius 2 is 2.12 bits per heavy atom. The zero-order valence-corrected chi connectivity index (χ0v) is 15.3. The minimum Gasteiger partial charge on any atom is -0.327 e. The van der Waals surface area contributed by atoms with Gasteiger partial charge in [-0.25, -0.2) is 9.67 Å². The van der Waals surface area contributed by atoms with Crippen molar-refractivity contribution in [1.29, 1.82) is 0 Å². The van der Waals surface area contributed by atoms with E-state index in [1.54, 1.807) is 39.1 Å². The number of aryl methyl sites for hydroxylation is 1. The Kier molecular flexibility index (Phi) is 5.31. The van der Waals surface area contributed by atoms with Crippen molar-refractivity contribution in [3.63, 3.8) is 0 Å². The summed E-state index contributed by atoms with van der Waals surface area (Å²) in [6.07, 6.45) is 1.70. The number of amides is 1. The van der Waals surface area contributed by atoms with E-state index < -0.39 is 0 Å². The second kappa shape index (κ2) is 7.63. The fourth-order valence-corrected chi connectivity index (χ4v) is 3.26. The Bertz CT molecular complexity index is 871. The van der Waals surface area contributed by atoms with Crippen LogP contribution in [-0.4, -0.2) is 32.1 Å². The summed E-state index contributed by atoms with van der Waals surface area (Å²) in [6, 6.07) is 11.2. The van der Waals surface area contributed by atoms with Gasteiger partial charge < -0.3 is 4.90 Å². The highest BCUT2D eigenvalue weighted by molar-refractivity contribution is 7.09. The molecular formula is C18H17ClN4OS. The summed E-state index contributed by atoms with van der Waals surface area (Å²) in [5, 5.41) is 7.02. The third kappa shape index (κ3) is 3.97. The zero-order valence-electron chi connectivity index (χ0n) is 13.7. The quantitative estimate of drug-likeness (QED) is 0.611. The molecule has 0 saturated carbocycles. The van der Waals surface area contributed by atoms with E-state index in [0.29, 0.717) is 23.9 Å². The van der Waals surface area contributed by atoms with Gasteiger partial charge in [-0.2, -0.15) is 0 Å². The predicted octanol–water partition coefficient (Wildman–Crippen LogP) is 4.12. The average molecular weight is 373 g/mol. The van der Waals surface area contributed by atoms with Crippen LogP contribution in [0.1, 0.15) is 21.3 Å². The van der Waals surface area contributed by atoms with Gasteiger partial charge in [0.25, 0.3) is 5.91 Å². The fourth-order valence-electron chi connectivity index (χ4n) is 2.41. The second-order valence-corrected chi connectivity index (χ2v) is 6.89. The van der Waals surface area contributed by atoms with Gasteiger partial charge >= 0.3 is 0 Å². The zero-order chi connectivity index (χ0) is 17.8. The lowest BCUT2D eigenvalue weighted by Crippen LogP contribution is -2.31. The molecule has 25 heavy (non-hydrogen) atoms. The van der Waals surface area contributed by atoms with Crippen LogP contribution in [-0.2, 0) is 6.54 Å². The van der Waals surface area contributed by atoms with Crippen molar-refractivity contribution in [1.82, 2.24) is 19.7 Å². The molecular weight excluding hydrogens is 356 g/mol. The highest BCUT2D eigenvalue weighted by atomic mass is 35.5. The second-order valence-electron chi connectivity index (χ2n) is 5.42. The van der Waals surface area contributed by atoms with Gasteiger partial charge in [0.15, 0.2) is 0 Å². The summed E-state index contributed by atoms with van der Waals surface area (Å²) in [5.74, 6) is 0.593. The molecule has 0 aliphatic carbocycles. The third-order valence-corrected chi connectivity index (χ3v) is 4.71. The first-order chi connectivity index (χ1) is 12.1. The molecule has 7 heteroatoms. The van der Waals surface area contributed by atoms with Crippen molar-refractivity contribution >= 4 is 28.8 Å². The van der Waals surface area contributed by atoms with Crippen molar-refractivity contribution in [2.75, 3.05) is 6.54 Å². The molecule has 3 aromatic rings. The molecule has 3 rings (SSSR count). The molecule has 0 aliphatic rings. The first kappa shape index (κ1) is 17.4. The maximum Gasteiger partial charge on any atom is 0.294 e. The molecule has 5 nitrogen and oxygen atoms in total. The Hall–Kier alpha value is -2.44. The van der Waals surface area contributed by atoms with Crippen molar-refractivity contribution in [3.8, 4) is 5.69 Å². The number of thiophene rings is 1. The summed E-state index contributed by atoms with van der Waals surface area (Å²) in [4.78, 5) is 20.0. The van der Waals surface area contributed by atoms with E-state index >= 15 is 0 Å². The van der Waals surface area contributed by atoms with Crippen LogP contribution in [0.15, 0.2) is 54.4 Å². The van der Waals surface area contributed by atoms with Crippen molar-refractivity contribution < 1.29 is 4.79 Å². The molecule has 0 aliphatic heterocycles. The van der Waals surface area contributed by atoms with Crippen molar-refractivity contribution in [2.24, 2.45) is 0 Å². The Morgan fingerprint density at radius 1 is 1.36 bits per heavy atom. The maximum absolute atomic E-state index is 12.8. The van der Waals surface area contributed by atoms with E-state index in [9.17, 15) is 4.79 Å². The summed E-state index contributed by atoms with van der Waals surface area (Å²) < 4.78 is 1.64. The van der Waals surface area contributed by atoms with Crippen LogP contribution >= 0.6 is 22.9 Å². The Balaban J connectivity index is 1.86. The van der Waals surface area contributed by atoms with Gasteiger partial charge in [-0.3, -0.25) is 4.79 Å². The van der Waals surface area contributed by atoms with Gasteiger partial charge in [0.05, 0.1) is 12.2 Å². The molecule has 1 amide bonds. The monoisotopic (exact) mass is 372 g/mol. The van der Waals surface area contributed by atoms with Crippen molar-refractivity contribution in [2.45, 2.75) is 13.5 Å². The molecule has 0 spiro atoms. The Morgan fingerprint density at radius 3 is 2.76 bits per heavy atom. The number of halogens is 1. The Labute approximate surface area is 155 Å². The lowest BCUT2D eigenvalue weighted by molar-refractivity contribution is 0.0752. The van der Waals surface area contributed by atoms with E-state index in [2.05, 4.69) is 16.7 Å². The molecule has 0 saturated heterocycles. The molecule has 0 radical (unpaired) electrons. The minimum atomic E-state index is -0.218. The molecule has 0 bridgehead atoms. The highest BCUT2D eigenvalue weighted by Gasteiger charge is 2.21. The smallest absolute Gasteiger partial charge is 0.294 e. The van der Waals surface area contributed by atoms with Crippen LogP contribution in [0.3, 0.4) is 0 Å². The SMILES string of the molecule is C=CCN(Cc1cccs1)C(=O)c1nc(C)n(-c2ccc(Cl)cc2)n1. The number of aromatic nitrogens is 3. The molecule has 2 heterocycles. The number of carbonyl (C=O) groups excluding carboxylic acids is 1. The van der Waals surface area contributed by atoms with Gasteiger partial charge in [-0.1, -0.05) is 23.7 Å². The average Bonchev–Trinajstić information content (AvgIpc) is 3.24. The minimum absolute atomic E-state index is 0.172. The van der Waals surface area contributed by atoms with E-state index in [1.807, 2.05) is 36.6 Å². The number of hydrogen-bond donors (Lipinski definition) is 0. The molecule has 0 N–H and O–H groups in total. The molecule has 0 unspecified atom stereocenters. The topological polar surface area (TPSA) is 51.0 Å². The lowest BCUT2D eigenvalue weighted by atomic mass is 10.3. The number of benzene rings is 1. The van der Waals surface area contributed by atoms with Crippen LogP contribution in [0, 0.1) is 6.92 Å². The predicted molar refractivity (Wildman–Crippen MR) is 100 cm³/mol.